The van der Waals surface area contributed by atoms with E-state index in [1.54, 1.807) is 0 Å². The lowest BCUT2D eigenvalue weighted by atomic mass is 10.0. The molecule has 2 rings (SSSR count). The lowest BCUT2D eigenvalue weighted by Gasteiger charge is -2.21. The van der Waals surface area contributed by atoms with Crippen LogP contribution in [0, 0.1) is 0 Å². The number of hydrogen-bond acceptors (Lipinski definition) is 2. The number of aryl methyl sites for hydroxylation is 1. The first-order valence-corrected chi connectivity index (χ1v) is 5.83. The third-order valence-corrected chi connectivity index (χ3v) is 3.23. The minimum atomic E-state index is 0.0818. The Morgan fingerprint density at radius 1 is 1.50 bits per heavy atom. The molecule has 0 unspecified atom stereocenters. The number of hydrogen-bond donors (Lipinski definition) is 2. The molecular formula is C11H12N2OS2. The highest BCUT2D eigenvalue weighted by molar-refractivity contribution is 8.11. The molecule has 0 aliphatic carbocycles. The van der Waals surface area contributed by atoms with Crippen molar-refractivity contribution in [2.75, 3.05) is 17.3 Å². The van der Waals surface area contributed by atoms with Gasteiger partial charge in [-0.2, -0.15) is 0 Å². The molecule has 0 spiro atoms. The van der Waals surface area contributed by atoms with Crippen molar-refractivity contribution in [1.82, 2.24) is 0 Å². The highest BCUT2D eigenvalue weighted by Gasteiger charge is 2.15. The van der Waals surface area contributed by atoms with Crippen LogP contribution in [0.5, 0.6) is 0 Å². The summed E-state index contributed by atoms with van der Waals surface area (Å²) in [6.07, 6.45) is 1.33. The molecule has 0 saturated carbocycles. The summed E-state index contributed by atoms with van der Waals surface area (Å²) in [7, 11) is 1.87. The number of amides is 1. The molecule has 1 aromatic carbocycles. The number of carbonyl (C=O) groups excluding carboxylic acids is 1. The number of anilines is 2. The first kappa shape index (κ1) is 11.4. The molecule has 1 heterocycles. The van der Waals surface area contributed by atoms with Crippen molar-refractivity contribution < 1.29 is 4.79 Å². The van der Waals surface area contributed by atoms with Gasteiger partial charge < -0.3 is 10.2 Å². The van der Waals surface area contributed by atoms with Crippen molar-refractivity contribution >= 4 is 46.4 Å². The van der Waals surface area contributed by atoms with Crippen molar-refractivity contribution in [1.29, 1.82) is 0 Å². The summed E-state index contributed by atoms with van der Waals surface area (Å²) in [5.41, 5.74) is 3.04. The summed E-state index contributed by atoms with van der Waals surface area (Å²) >= 11 is 9.13. The third-order valence-electron chi connectivity index (χ3n) is 2.66. The van der Waals surface area contributed by atoms with Crippen LogP contribution in [-0.4, -0.2) is 17.3 Å². The zero-order valence-corrected chi connectivity index (χ0v) is 10.6. The fourth-order valence-electron chi connectivity index (χ4n) is 1.69. The molecule has 0 bridgehead atoms. The molecule has 1 amide bonds. The van der Waals surface area contributed by atoms with Gasteiger partial charge in [0.15, 0.2) is 0 Å². The van der Waals surface area contributed by atoms with Crippen molar-refractivity contribution in [2.45, 2.75) is 12.8 Å². The Morgan fingerprint density at radius 2 is 2.25 bits per heavy atom. The first-order valence-electron chi connectivity index (χ1n) is 4.97. The van der Waals surface area contributed by atoms with Gasteiger partial charge in [-0.1, -0.05) is 12.2 Å². The molecular weight excluding hydrogens is 240 g/mol. The number of thiocarbonyl (C=S) groups is 1. The van der Waals surface area contributed by atoms with Crippen molar-refractivity contribution in [3.63, 3.8) is 0 Å². The van der Waals surface area contributed by atoms with E-state index in [0.29, 0.717) is 10.7 Å². The highest BCUT2D eigenvalue weighted by Crippen LogP contribution is 2.27. The number of carbonyl (C=O) groups is 1. The molecule has 5 heteroatoms. The van der Waals surface area contributed by atoms with Gasteiger partial charge in [-0.25, -0.2) is 0 Å². The maximum atomic E-state index is 11.2. The smallest absolute Gasteiger partial charge is 0.224 e. The normalized spacial score (nSPS) is 14.0. The quantitative estimate of drug-likeness (QED) is 0.594. The second-order valence-electron chi connectivity index (χ2n) is 3.73. The van der Waals surface area contributed by atoms with Crippen LogP contribution in [0.15, 0.2) is 18.2 Å². The van der Waals surface area contributed by atoms with Crippen LogP contribution < -0.4 is 10.2 Å². The Kier molecular flexibility index (Phi) is 3.16. The van der Waals surface area contributed by atoms with E-state index in [2.05, 4.69) is 17.9 Å². The molecule has 1 aromatic rings. The second kappa shape index (κ2) is 4.43. The fraction of sp³-hybridized carbons (Fsp3) is 0.273. The Labute approximate surface area is 105 Å². The fourth-order valence-corrected chi connectivity index (χ4v) is 1.91. The van der Waals surface area contributed by atoms with Crippen LogP contribution >= 0.6 is 24.8 Å². The van der Waals surface area contributed by atoms with Gasteiger partial charge in [0.1, 0.15) is 4.32 Å². The predicted molar refractivity (Wildman–Crippen MR) is 73.4 cm³/mol. The Bertz CT molecular complexity index is 459. The number of rotatable bonds is 1. The van der Waals surface area contributed by atoms with E-state index >= 15 is 0 Å². The molecule has 1 aliphatic heterocycles. The van der Waals surface area contributed by atoms with Crippen LogP contribution in [0.1, 0.15) is 12.0 Å². The monoisotopic (exact) mass is 252 g/mol. The summed E-state index contributed by atoms with van der Waals surface area (Å²) in [5.74, 6) is 0.0818. The zero-order chi connectivity index (χ0) is 11.7. The van der Waals surface area contributed by atoms with Gasteiger partial charge >= 0.3 is 0 Å². The van der Waals surface area contributed by atoms with Gasteiger partial charge in [-0.3, -0.25) is 4.79 Å². The average Bonchev–Trinajstić information content (AvgIpc) is 2.27. The van der Waals surface area contributed by atoms with Crippen molar-refractivity contribution in [3.05, 3.63) is 23.8 Å². The number of nitrogens with one attached hydrogen (secondary N) is 1. The van der Waals surface area contributed by atoms with Gasteiger partial charge in [-0.05, 0) is 30.2 Å². The summed E-state index contributed by atoms with van der Waals surface area (Å²) < 4.78 is 0.528. The van der Waals surface area contributed by atoms with Gasteiger partial charge in [0.05, 0.1) is 0 Å². The Balaban J connectivity index is 2.33. The van der Waals surface area contributed by atoms with Crippen molar-refractivity contribution in [3.8, 4) is 0 Å². The van der Waals surface area contributed by atoms with Gasteiger partial charge in [-0.15, -0.1) is 12.6 Å². The summed E-state index contributed by atoms with van der Waals surface area (Å²) in [5, 5.41) is 2.85. The van der Waals surface area contributed by atoms with E-state index in [9.17, 15) is 4.79 Å². The molecule has 0 atom stereocenters. The minimum absolute atomic E-state index is 0.0818. The Hall–Kier alpha value is -1.07. The van der Waals surface area contributed by atoms with Crippen LogP contribution in [0.2, 0.25) is 0 Å². The lowest BCUT2D eigenvalue weighted by molar-refractivity contribution is -0.116. The van der Waals surface area contributed by atoms with Gasteiger partial charge in [0, 0.05) is 24.8 Å². The minimum Gasteiger partial charge on any atom is -0.331 e. The molecule has 16 heavy (non-hydrogen) atoms. The molecule has 3 nitrogen and oxygen atoms in total. The van der Waals surface area contributed by atoms with Crippen LogP contribution in [0.25, 0.3) is 0 Å². The topological polar surface area (TPSA) is 32.3 Å². The molecule has 0 fully saturated rings. The number of nitrogens with zero attached hydrogens (tertiary/aromatic N) is 1. The van der Waals surface area contributed by atoms with Gasteiger partial charge in [0.2, 0.25) is 5.91 Å². The van der Waals surface area contributed by atoms with Crippen LogP contribution in [-0.2, 0) is 11.2 Å². The number of thiol groups is 1. The number of fused-ring (bicyclic) bond motifs is 1. The van der Waals surface area contributed by atoms with Gasteiger partial charge in [0.25, 0.3) is 0 Å². The summed E-state index contributed by atoms with van der Waals surface area (Å²) in [6.45, 7) is 0. The maximum Gasteiger partial charge on any atom is 0.224 e. The highest BCUT2D eigenvalue weighted by atomic mass is 32.1. The molecule has 0 saturated heterocycles. The standard InChI is InChI=1S/C11H12N2OS2/c1-13(11(15)16)8-3-4-9-7(6-8)2-5-10(14)12-9/h3-4,6H,2,5H2,1H3,(H,12,14)(H,15,16). The third kappa shape index (κ3) is 2.20. The van der Waals surface area contributed by atoms with Crippen molar-refractivity contribution in [2.24, 2.45) is 0 Å². The summed E-state index contributed by atoms with van der Waals surface area (Å²) in [6, 6.07) is 5.87. The lowest BCUT2D eigenvalue weighted by Crippen LogP contribution is -2.22. The average molecular weight is 252 g/mol. The largest absolute Gasteiger partial charge is 0.331 e. The number of benzene rings is 1. The molecule has 0 aromatic heterocycles. The Morgan fingerprint density at radius 3 is 2.94 bits per heavy atom. The predicted octanol–water partition coefficient (Wildman–Crippen LogP) is 2.22. The molecule has 84 valence electrons. The summed E-state index contributed by atoms with van der Waals surface area (Å²) in [4.78, 5) is 13.0. The SMILES string of the molecule is CN(C(=S)S)c1ccc2c(c1)CCC(=O)N2. The molecule has 1 aliphatic rings. The molecule has 0 radical (unpaired) electrons. The molecule has 1 N–H and O–H groups in total. The van der Waals surface area contributed by atoms with E-state index in [4.69, 9.17) is 12.2 Å². The van der Waals surface area contributed by atoms with E-state index in [0.717, 1.165) is 23.4 Å². The maximum absolute atomic E-state index is 11.2. The first-order chi connectivity index (χ1) is 7.58. The zero-order valence-electron chi connectivity index (χ0n) is 8.86. The second-order valence-corrected chi connectivity index (χ2v) is 4.84. The van der Waals surface area contributed by atoms with Crippen LogP contribution in [0.4, 0.5) is 11.4 Å². The van der Waals surface area contributed by atoms with Crippen LogP contribution in [0.3, 0.4) is 0 Å². The van der Waals surface area contributed by atoms with E-state index in [-0.39, 0.29) is 5.91 Å². The van der Waals surface area contributed by atoms with E-state index in [1.807, 2.05) is 30.1 Å². The van der Waals surface area contributed by atoms with E-state index in [1.165, 1.54) is 0 Å². The van der Waals surface area contributed by atoms with E-state index < -0.39 is 0 Å².